The lowest BCUT2D eigenvalue weighted by Gasteiger charge is -2.25. The minimum Gasteiger partial charge on any atom is -0.394 e. The van der Waals surface area contributed by atoms with E-state index in [1.165, 1.54) is 12.7 Å². The number of hydrogen-bond donors (Lipinski definition) is 8. The molecule has 0 atom stereocenters. The summed E-state index contributed by atoms with van der Waals surface area (Å²) in [5.41, 5.74) is 11.3. The summed E-state index contributed by atoms with van der Waals surface area (Å²) in [6.07, 6.45) is 2.70. The van der Waals surface area contributed by atoms with Gasteiger partial charge >= 0.3 is 0 Å². The summed E-state index contributed by atoms with van der Waals surface area (Å²) < 4.78 is 13.8. The second-order valence-electron chi connectivity index (χ2n) is 14.3. The fourth-order valence-corrected chi connectivity index (χ4v) is 5.42. The van der Waals surface area contributed by atoms with Crippen LogP contribution >= 0.6 is 0 Å². The Morgan fingerprint density at radius 1 is 0.727 bits per heavy atom. The van der Waals surface area contributed by atoms with Gasteiger partial charge in [0.2, 0.25) is 5.95 Å². The van der Waals surface area contributed by atoms with Gasteiger partial charge in [-0.1, -0.05) is 24.3 Å². The van der Waals surface area contributed by atoms with Gasteiger partial charge in [-0.25, -0.2) is 29.9 Å². The molecule has 6 heterocycles. The number of nitrogens with zero attached hydrogens (tertiary/aromatic N) is 6. The molecule has 0 spiro atoms. The number of aryl methyl sites for hydroxylation is 2. The molecule has 0 aliphatic heterocycles. The lowest BCUT2D eigenvalue weighted by molar-refractivity contribution is 0.221. The molecular weight excluding hydrogens is 707 g/mol. The summed E-state index contributed by atoms with van der Waals surface area (Å²) in [5, 5.41) is 22.0. The van der Waals surface area contributed by atoms with E-state index in [-0.39, 0.29) is 30.0 Å². The largest absolute Gasteiger partial charge is 0.394 e. The topological polar surface area (TPSA) is 253 Å². The van der Waals surface area contributed by atoms with E-state index in [0.717, 1.165) is 22.5 Å². The first-order chi connectivity index (χ1) is 26.1. The molecule has 0 unspecified atom stereocenters. The van der Waals surface area contributed by atoms with E-state index in [1.807, 2.05) is 45.0 Å². The first kappa shape index (κ1) is 38.3. The van der Waals surface area contributed by atoms with E-state index in [9.17, 15) is 19.1 Å². The molecule has 0 aliphatic carbocycles. The third-order valence-corrected chi connectivity index (χ3v) is 8.38. The highest BCUT2D eigenvalue weighted by atomic mass is 19.1. The van der Waals surface area contributed by atoms with Gasteiger partial charge in [-0.15, -0.1) is 0 Å². The van der Waals surface area contributed by atoms with Gasteiger partial charge < -0.3 is 41.2 Å². The SMILES string of the molecule is CC(C)(N)CO.Cc1nc2cccc(-c3cc4c(=O)[nH]cnc4[nH]3)c2nc1F.Cc1nc2cccc(-c3cc4c(=O)[nH]cnc4[nH]3)c2nc1NC(C)(C)CO. The first-order valence-corrected chi connectivity index (χ1v) is 17.2. The van der Waals surface area contributed by atoms with Crippen molar-refractivity contribution >= 4 is 50.0 Å². The Labute approximate surface area is 312 Å². The fraction of sp³-hybridized carbons (Fsp3) is 0.263. The van der Waals surface area contributed by atoms with E-state index in [2.05, 4.69) is 50.2 Å². The molecule has 8 rings (SSSR count). The summed E-state index contributed by atoms with van der Waals surface area (Å²) >= 11 is 0. The summed E-state index contributed by atoms with van der Waals surface area (Å²) in [4.78, 5) is 61.0. The minimum atomic E-state index is -0.605. The number of aromatic nitrogens is 10. The number of halogens is 1. The molecule has 0 bridgehead atoms. The molecule has 0 amide bonds. The summed E-state index contributed by atoms with van der Waals surface area (Å²) in [5.74, 6) is 0.00752. The number of rotatable bonds is 6. The number of anilines is 1. The zero-order valence-electron chi connectivity index (χ0n) is 31.0. The van der Waals surface area contributed by atoms with Crippen molar-refractivity contribution in [2.75, 3.05) is 18.5 Å². The highest BCUT2D eigenvalue weighted by molar-refractivity contribution is 5.95. The fourth-order valence-electron chi connectivity index (χ4n) is 5.42. The molecule has 0 fully saturated rings. The van der Waals surface area contributed by atoms with Crippen molar-refractivity contribution in [3.8, 4) is 22.5 Å². The van der Waals surface area contributed by atoms with Crippen molar-refractivity contribution in [3.63, 3.8) is 0 Å². The van der Waals surface area contributed by atoms with E-state index >= 15 is 0 Å². The summed E-state index contributed by atoms with van der Waals surface area (Å²) in [7, 11) is 0. The molecule has 0 radical (unpaired) electrons. The molecule has 2 aromatic carbocycles. The van der Waals surface area contributed by atoms with E-state index in [0.29, 0.717) is 55.7 Å². The van der Waals surface area contributed by atoms with Gasteiger partial charge in [-0.3, -0.25) is 9.59 Å². The Hall–Kier alpha value is -6.43. The van der Waals surface area contributed by atoms with E-state index < -0.39 is 17.0 Å². The smallest absolute Gasteiger partial charge is 0.260 e. The lowest BCUT2D eigenvalue weighted by Crippen LogP contribution is -2.35. The maximum absolute atomic E-state index is 13.8. The van der Waals surface area contributed by atoms with Crippen LogP contribution in [-0.2, 0) is 0 Å². The second kappa shape index (κ2) is 15.1. The predicted molar refractivity (Wildman–Crippen MR) is 210 cm³/mol. The van der Waals surface area contributed by atoms with Crippen LogP contribution in [-0.4, -0.2) is 84.3 Å². The monoisotopic (exact) mass is 748 g/mol. The molecule has 55 heavy (non-hydrogen) atoms. The molecule has 16 nitrogen and oxygen atoms in total. The van der Waals surface area contributed by atoms with Gasteiger partial charge in [0.25, 0.3) is 11.1 Å². The number of para-hydroxylation sites is 2. The van der Waals surface area contributed by atoms with Crippen molar-refractivity contribution in [2.24, 2.45) is 5.73 Å². The predicted octanol–water partition coefficient (Wildman–Crippen LogP) is 4.38. The molecular formula is C38H41FN12O4. The Kier molecular flexibility index (Phi) is 10.5. The Morgan fingerprint density at radius 2 is 1.20 bits per heavy atom. The number of benzene rings is 2. The van der Waals surface area contributed by atoms with Crippen LogP contribution in [0, 0.1) is 19.8 Å². The maximum Gasteiger partial charge on any atom is 0.260 e. The number of hydrogen-bond acceptors (Lipinski definition) is 12. The van der Waals surface area contributed by atoms with Crippen molar-refractivity contribution in [1.29, 1.82) is 0 Å². The number of nitrogens with one attached hydrogen (secondary N) is 5. The van der Waals surface area contributed by atoms with Crippen molar-refractivity contribution in [2.45, 2.75) is 52.6 Å². The minimum absolute atomic E-state index is 0.0374. The second-order valence-corrected chi connectivity index (χ2v) is 14.3. The van der Waals surface area contributed by atoms with Crippen LogP contribution < -0.4 is 22.2 Å². The molecule has 6 aromatic heterocycles. The Bertz CT molecular complexity index is 2780. The summed E-state index contributed by atoms with van der Waals surface area (Å²) in [6.45, 7) is 10.8. The summed E-state index contributed by atoms with van der Waals surface area (Å²) in [6, 6.07) is 14.5. The number of H-pyrrole nitrogens is 4. The molecule has 8 aromatic rings. The van der Waals surface area contributed by atoms with Crippen LogP contribution in [0.4, 0.5) is 10.2 Å². The highest BCUT2D eigenvalue weighted by Gasteiger charge is 2.20. The van der Waals surface area contributed by atoms with Crippen molar-refractivity contribution < 1.29 is 14.6 Å². The van der Waals surface area contributed by atoms with Gasteiger partial charge in [0.05, 0.1) is 76.0 Å². The molecule has 0 saturated carbocycles. The average Bonchev–Trinajstić information content (AvgIpc) is 3.79. The number of aliphatic hydroxyl groups excluding tert-OH is 2. The van der Waals surface area contributed by atoms with Crippen LogP contribution in [0.25, 0.3) is 66.6 Å². The lowest BCUT2D eigenvalue weighted by atomic mass is 10.1. The van der Waals surface area contributed by atoms with Crippen molar-refractivity contribution in [1.82, 2.24) is 49.8 Å². The highest BCUT2D eigenvalue weighted by Crippen LogP contribution is 2.30. The van der Waals surface area contributed by atoms with Gasteiger partial charge in [-0.2, -0.15) is 4.39 Å². The molecule has 284 valence electrons. The van der Waals surface area contributed by atoms with Crippen LogP contribution in [0.1, 0.15) is 39.1 Å². The third kappa shape index (κ3) is 8.38. The van der Waals surface area contributed by atoms with Crippen LogP contribution in [0.3, 0.4) is 0 Å². The molecule has 9 N–H and O–H groups in total. The van der Waals surface area contributed by atoms with Crippen LogP contribution in [0.5, 0.6) is 0 Å². The maximum atomic E-state index is 13.8. The average molecular weight is 749 g/mol. The van der Waals surface area contributed by atoms with Gasteiger partial charge in [-0.05, 0) is 65.8 Å². The number of aromatic amines is 4. The van der Waals surface area contributed by atoms with Gasteiger partial charge in [0.15, 0.2) is 0 Å². The zero-order valence-corrected chi connectivity index (χ0v) is 31.0. The van der Waals surface area contributed by atoms with Crippen molar-refractivity contribution in [3.05, 3.63) is 99.2 Å². The quantitative estimate of drug-likeness (QED) is 0.118. The van der Waals surface area contributed by atoms with Gasteiger partial charge in [0, 0.05) is 16.7 Å². The standard InChI is InChI=1S/C19H20N6O2.C15H10FN5O.C4H11NO/c1-10-16(25-19(2,3)8-26)24-15-11(5-4-6-13(15)22-10)14-7-12-17(23-14)20-9-21-18(12)27;1-7-13(16)21-12-8(3-2-4-10(12)19-7)11-5-9-14(20-11)17-6-18-15(9)22;1-4(2,5)3-6/h4-7,9,26H,8H2,1-3H3,(H,24,25)(H2,20,21,23,27);2-6H,1H3,(H2,17,18,20,22);6H,3,5H2,1-2H3. The van der Waals surface area contributed by atoms with Crippen LogP contribution in [0.15, 0.2) is 70.8 Å². The van der Waals surface area contributed by atoms with E-state index in [1.54, 1.807) is 45.0 Å². The first-order valence-electron chi connectivity index (χ1n) is 17.2. The van der Waals surface area contributed by atoms with E-state index in [4.69, 9.17) is 15.8 Å². The normalized spacial score (nSPS) is 11.7. The number of fused-ring (bicyclic) bond motifs is 4. The van der Waals surface area contributed by atoms with Crippen LogP contribution in [0.2, 0.25) is 0 Å². The Balaban J connectivity index is 0.000000166. The molecule has 0 aliphatic rings. The number of aliphatic hydroxyl groups is 2. The van der Waals surface area contributed by atoms with Gasteiger partial charge in [0.1, 0.15) is 28.1 Å². The Morgan fingerprint density at radius 3 is 1.65 bits per heavy atom. The molecule has 17 heteroatoms. The molecule has 0 saturated heterocycles. The zero-order chi connectivity index (χ0) is 39.7. The number of nitrogens with two attached hydrogens (primary N) is 1. The third-order valence-electron chi connectivity index (χ3n) is 8.38.